The summed E-state index contributed by atoms with van der Waals surface area (Å²) in [4.78, 5) is 21.4. The van der Waals surface area contributed by atoms with Crippen molar-refractivity contribution in [3.05, 3.63) is 40.5 Å². The van der Waals surface area contributed by atoms with Crippen LogP contribution in [0.1, 0.15) is 25.0 Å². The van der Waals surface area contributed by atoms with Crippen LogP contribution in [0.15, 0.2) is 29.3 Å². The third-order valence-electron chi connectivity index (χ3n) is 2.48. The SMILES string of the molecule is CC(=Cc1ccc(O)c(C=C(C)C(=O)O)c1)C(=O)O. The molecule has 0 aliphatic heterocycles. The largest absolute Gasteiger partial charge is 0.507 e. The second kappa shape index (κ2) is 5.86. The first-order chi connectivity index (χ1) is 8.81. The summed E-state index contributed by atoms with van der Waals surface area (Å²) < 4.78 is 0. The van der Waals surface area contributed by atoms with Gasteiger partial charge >= 0.3 is 11.9 Å². The van der Waals surface area contributed by atoms with Crippen molar-refractivity contribution in [2.75, 3.05) is 0 Å². The molecule has 1 aromatic carbocycles. The molecular weight excluding hydrogens is 248 g/mol. The number of benzene rings is 1. The Bertz CT molecular complexity index is 581. The molecule has 19 heavy (non-hydrogen) atoms. The van der Waals surface area contributed by atoms with E-state index in [4.69, 9.17) is 10.2 Å². The van der Waals surface area contributed by atoms with E-state index in [2.05, 4.69) is 0 Å². The van der Waals surface area contributed by atoms with Gasteiger partial charge in [0.1, 0.15) is 5.75 Å². The van der Waals surface area contributed by atoms with E-state index in [0.717, 1.165) is 0 Å². The van der Waals surface area contributed by atoms with Gasteiger partial charge in [0.15, 0.2) is 0 Å². The fraction of sp³-hybridized carbons (Fsp3) is 0.143. The minimum Gasteiger partial charge on any atom is -0.507 e. The Morgan fingerprint density at radius 1 is 1.00 bits per heavy atom. The van der Waals surface area contributed by atoms with Gasteiger partial charge in [-0.25, -0.2) is 9.59 Å². The molecule has 0 aliphatic rings. The van der Waals surface area contributed by atoms with Crippen molar-refractivity contribution in [3.8, 4) is 5.75 Å². The first kappa shape index (κ1) is 14.5. The maximum atomic E-state index is 10.7. The lowest BCUT2D eigenvalue weighted by Gasteiger charge is -2.03. The van der Waals surface area contributed by atoms with E-state index in [1.54, 1.807) is 6.07 Å². The van der Waals surface area contributed by atoms with E-state index in [1.807, 2.05) is 0 Å². The smallest absolute Gasteiger partial charge is 0.331 e. The van der Waals surface area contributed by atoms with E-state index in [1.165, 1.54) is 38.1 Å². The summed E-state index contributed by atoms with van der Waals surface area (Å²) in [7, 11) is 0. The molecule has 3 N–H and O–H groups in total. The van der Waals surface area contributed by atoms with Crippen molar-refractivity contribution in [2.45, 2.75) is 13.8 Å². The van der Waals surface area contributed by atoms with Crippen molar-refractivity contribution in [1.29, 1.82) is 0 Å². The fourth-order valence-electron chi connectivity index (χ4n) is 1.39. The summed E-state index contributed by atoms with van der Waals surface area (Å²) in [5, 5.41) is 27.2. The molecule has 5 nitrogen and oxygen atoms in total. The Morgan fingerprint density at radius 2 is 1.53 bits per heavy atom. The van der Waals surface area contributed by atoms with Crippen molar-refractivity contribution >= 4 is 24.1 Å². The molecule has 100 valence electrons. The van der Waals surface area contributed by atoms with E-state index in [0.29, 0.717) is 11.1 Å². The van der Waals surface area contributed by atoms with Gasteiger partial charge in [0.05, 0.1) is 0 Å². The monoisotopic (exact) mass is 262 g/mol. The number of aromatic hydroxyl groups is 1. The van der Waals surface area contributed by atoms with E-state index in [-0.39, 0.29) is 16.9 Å². The van der Waals surface area contributed by atoms with Gasteiger partial charge in [0.2, 0.25) is 0 Å². The van der Waals surface area contributed by atoms with Crippen LogP contribution >= 0.6 is 0 Å². The molecule has 0 aliphatic carbocycles. The lowest BCUT2D eigenvalue weighted by Crippen LogP contribution is -1.96. The molecule has 0 heterocycles. The number of aliphatic carboxylic acids is 2. The minimum absolute atomic E-state index is 0.0641. The van der Waals surface area contributed by atoms with Gasteiger partial charge < -0.3 is 15.3 Å². The number of carbonyl (C=O) groups is 2. The predicted octanol–water partition coefficient (Wildman–Crippen LogP) is 2.37. The number of phenolic OH excluding ortho intramolecular Hbond substituents is 1. The van der Waals surface area contributed by atoms with Crippen LogP contribution in [0.25, 0.3) is 12.2 Å². The van der Waals surface area contributed by atoms with Gasteiger partial charge in [0.25, 0.3) is 0 Å². The molecule has 0 bridgehead atoms. The van der Waals surface area contributed by atoms with Gasteiger partial charge in [-0.15, -0.1) is 0 Å². The molecule has 0 atom stereocenters. The van der Waals surface area contributed by atoms with Crippen molar-refractivity contribution in [2.24, 2.45) is 0 Å². The Morgan fingerprint density at radius 3 is 2.05 bits per heavy atom. The van der Waals surface area contributed by atoms with Crippen LogP contribution in [0.5, 0.6) is 5.75 Å². The number of rotatable bonds is 4. The molecule has 0 aromatic heterocycles. The van der Waals surface area contributed by atoms with Crippen LogP contribution < -0.4 is 0 Å². The molecular formula is C14H14O5. The summed E-state index contributed by atoms with van der Waals surface area (Å²) in [6.07, 6.45) is 2.76. The topological polar surface area (TPSA) is 94.8 Å². The zero-order valence-electron chi connectivity index (χ0n) is 10.5. The predicted molar refractivity (Wildman–Crippen MR) is 70.7 cm³/mol. The van der Waals surface area contributed by atoms with E-state index < -0.39 is 11.9 Å². The lowest BCUT2D eigenvalue weighted by atomic mass is 10.1. The molecule has 0 spiro atoms. The summed E-state index contributed by atoms with van der Waals surface area (Å²) >= 11 is 0. The average molecular weight is 262 g/mol. The van der Waals surface area contributed by atoms with E-state index >= 15 is 0 Å². The van der Waals surface area contributed by atoms with Crippen LogP contribution in [0.3, 0.4) is 0 Å². The highest BCUT2D eigenvalue weighted by molar-refractivity contribution is 5.93. The fourth-order valence-corrected chi connectivity index (χ4v) is 1.39. The Labute approximate surface area is 110 Å². The standard InChI is InChI=1S/C14H14O5/c1-8(13(16)17)5-10-3-4-12(15)11(7-10)6-9(2)14(18)19/h3-7,15H,1-2H3,(H,16,17)(H,18,19). The van der Waals surface area contributed by atoms with Crippen molar-refractivity contribution in [3.63, 3.8) is 0 Å². The number of hydrogen-bond donors (Lipinski definition) is 3. The van der Waals surface area contributed by atoms with E-state index in [9.17, 15) is 14.7 Å². The third kappa shape index (κ3) is 3.99. The average Bonchev–Trinajstić information content (AvgIpc) is 2.32. The highest BCUT2D eigenvalue weighted by Gasteiger charge is 2.05. The molecule has 0 amide bonds. The molecule has 0 saturated carbocycles. The zero-order valence-corrected chi connectivity index (χ0v) is 10.5. The Hall–Kier alpha value is -2.56. The van der Waals surface area contributed by atoms with Crippen molar-refractivity contribution in [1.82, 2.24) is 0 Å². The van der Waals surface area contributed by atoms with Crippen LogP contribution in [0.2, 0.25) is 0 Å². The Kier molecular flexibility index (Phi) is 4.47. The third-order valence-corrected chi connectivity index (χ3v) is 2.48. The summed E-state index contributed by atoms with van der Waals surface area (Å²) in [5.74, 6) is -2.18. The quantitative estimate of drug-likeness (QED) is 0.724. The summed E-state index contributed by atoms with van der Waals surface area (Å²) in [5.41, 5.74) is 1.12. The van der Waals surface area contributed by atoms with Gasteiger partial charge in [-0.2, -0.15) is 0 Å². The summed E-state index contributed by atoms with van der Waals surface area (Å²) in [6, 6.07) is 4.46. The second-order valence-corrected chi connectivity index (χ2v) is 4.08. The maximum absolute atomic E-state index is 10.7. The number of carboxylic acid groups (broad SMARTS) is 2. The second-order valence-electron chi connectivity index (χ2n) is 4.08. The molecule has 0 saturated heterocycles. The first-order valence-corrected chi connectivity index (χ1v) is 5.47. The van der Waals surface area contributed by atoms with Gasteiger partial charge in [0, 0.05) is 16.7 Å². The normalized spacial score (nSPS) is 12.3. The van der Waals surface area contributed by atoms with Crippen LogP contribution in [-0.2, 0) is 9.59 Å². The zero-order chi connectivity index (χ0) is 14.6. The number of hydrogen-bond acceptors (Lipinski definition) is 3. The molecule has 0 unspecified atom stereocenters. The van der Waals surface area contributed by atoms with Gasteiger partial charge in [-0.1, -0.05) is 6.07 Å². The van der Waals surface area contributed by atoms with Crippen molar-refractivity contribution < 1.29 is 24.9 Å². The maximum Gasteiger partial charge on any atom is 0.331 e. The lowest BCUT2D eigenvalue weighted by molar-refractivity contribution is -0.133. The number of carboxylic acids is 2. The number of phenols is 1. The molecule has 1 aromatic rings. The highest BCUT2D eigenvalue weighted by atomic mass is 16.4. The molecule has 0 radical (unpaired) electrons. The van der Waals surface area contributed by atoms with Crippen LogP contribution in [0, 0.1) is 0 Å². The van der Waals surface area contributed by atoms with Gasteiger partial charge in [-0.05, 0) is 43.7 Å². The molecule has 1 rings (SSSR count). The van der Waals surface area contributed by atoms with Crippen LogP contribution in [0.4, 0.5) is 0 Å². The van der Waals surface area contributed by atoms with Crippen LogP contribution in [-0.4, -0.2) is 27.3 Å². The molecule has 5 heteroatoms. The first-order valence-electron chi connectivity index (χ1n) is 5.47. The van der Waals surface area contributed by atoms with Gasteiger partial charge in [-0.3, -0.25) is 0 Å². The highest BCUT2D eigenvalue weighted by Crippen LogP contribution is 2.22. The molecule has 0 fully saturated rings. The minimum atomic E-state index is -1.08. The summed E-state index contributed by atoms with van der Waals surface area (Å²) in [6.45, 7) is 2.86. The Balaban J connectivity index is 3.22.